The Hall–Kier alpha value is -3.80. The van der Waals surface area contributed by atoms with Crippen molar-refractivity contribution in [1.82, 2.24) is 4.98 Å². The fraction of sp³-hybridized carbons (Fsp3) is 0.261. The average molecular weight is 444 g/mol. The number of hydrogen-bond donors (Lipinski definition) is 0. The number of carbonyl (C=O) groups excluding carboxylic acids is 1. The molecule has 0 unspecified atom stereocenters. The number of nitriles is 1. The molecule has 0 N–H and O–H groups in total. The van der Waals surface area contributed by atoms with Crippen molar-refractivity contribution < 1.29 is 32.2 Å². The van der Waals surface area contributed by atoms with Crippen molar-refractivity contribution in [1.29, 1.82) is 5.26 Å². The number of benzene rings is 2. The lowest BCUT2D eigenvalue weighted by molar-refractivity contribution is -0.142. The van der Waals surface area contributed by atoms with E-state index in [1.165, 1.54) is 13.2 Å². The Morgan fingerprint density at radius 3 is 2.50 bits per heavy atom. The van der Waals surface area contributed by atoms with Crippen LogP contribution in [0.4, 0.5) is 13.2 Å². The third-order valence-corrected chi connectivity index (χ3v) is 4.77. The van der Waals surface area contributed by atoms with Crippen molar-refractivity contribution in [2.24, 2.45) is 0 Å². The maximum atomic E-state index is 14.6. The van der Waals surface area contributed by atoms with Crippen molar-refractivity contribution in [2.75, 3.05) is 13.7 Å². The van der Waals surface area contributed by atoms with Gasteiger partial charge in [0.25, 0.3) is 0 Å². The highest BCUT2D eigenvalue weighted by Gasteiger charge is 2.24. The first-order valence-electron chi connectivity index (χ1n) is 9.65. The second-order valence-corrected chi connectivity index (χ2v) is 6.72. The molecule has 0 fully saturated rings. The van der Waals surface area contributed by atoms with Gasteiger partial charge in [0.2, 0.25) is 0 Å². The molecule has 0 saturated heterocycles. The maximum Gasteiger partial charge on any atom is 0.387 e. The number of halogens is 3. The highest BCUT2D eigenvalue weighted by Crippen LogP contribution is 2.40. The summed E-state index contributed by atoms with van der Waals surface area (Å²) >= 11 is 0. The Morgan fingerprint density at radius 1 is 1.19 bits per heavy atom. The number of pyridine rings is 1. The highest BCUT2D eigenvalue weighted by molar-refractivity contribution is 5.93. The lowest BCUT2D eigenvalue weighted by Gasteiger charge is -2.19. The van der Waals surface area contributed by atoms with Gasteiger partial charge in [-0.05, 0) is 36.2 Å². The van der Waals surface area contributed by atoms with Crippen LogP contribution < -0.4 is 9.47 Å². The van der Waals surface area contributed by atoms with Crippen LogP contribution in [-0.2, 0) is 22.4 Å². The molecule has 0 spiro atoms. The van der Waals surface area contributed by atoms with Gasteiger partial charge in [0, 0.05) is 17.7 Å². The minimum absolute atomic E-state index is 0.0429. The summed E-state index contributed by atoms with van der Waals surface area (Å²) < 4.78 is 56.3. The van der Waals surface area contributed by atoms with Gasteiger partial charge in [-0.15, -0.1) is 0 Å². The number of fused-ring (bicyclic) bond motifs is 1. The van der Waals surface area contributed by atoms with E-state index in [-0.39, 0.29) is 28.8 Å². The fourth-order valence-electron chi connectivity index (χ4n) is 3.27. The van der Waals surface area contributed by atoms with E-state index < -0.39 is 25.0 Å². The first kappa shape index (κ1) is 22.9. The predicted molar refractivity (Wildman–Crippen MR) is 109 cm³/mol. The minimum Gasteiger partial charge on any atom is -0.481 e. The molecule has 0 amide bonds. The number of hydrogen-bond acceptors (Lipinski definition) is 6. The largest absolute Gasteiger partial charge is 0.481 e. The molecular weight excluding hydrogens is 425 g/mol. The molecule has 3 rings (SSSR count). The van der Waals surface area contributed by atoms with Crippen LogP contribution in [0.5, 0.6) is 11.5 Å². The summed E-state index contributed by atoms with van der Waals surface area (Å²) in [6.45, 7) is -1.94. The van der Waals surface area contributed by atoms with E-state index in [0.717, 1.165) is 6.07 Å². The van der Waals surface area contributed by atoms with Crippen LogP contribution in [0, 0.1) is 17.1 Å². The molecule has 0 bridgehead atoms. The number of carbonyl (C=O) groups is 1. The van der Waals surface area contributed by atoms with Crippen molar-refractivity contribution >= 4 is 16.9 Å². The van der Waals surface area contributed by atoms with Crippen LogP contribution in [0.3, 0.4) is 0 Å². The molecule has 32 heavy (non-hydrogen) atoms. The van der Waals surface area contributed by atoms with Crippen molar-refractivity contribution in [2.45, 2.75) is 26.4 Å². The smallest absolute Gasteiger partial charge is 0.387 e. The molecule has 3 aromatic rings. The Bertz CT molecular complexity index is 1170. The van der Waals surface area contributed by atoms with Crippen molar-refractivity contribution in [3.8, 4) is 17.6 Å². The summed E-state index contributed by atoms with van der Waals surface area (Å²) in [5, 5.41) is 8.88. The van der Waals surface area contributed by atoms with E-state index in [1.54, 1.807) is 31.2 Å². The summed E-state index contributed by atoms with van der Waals surface area (Å²) in [6.07, 6.45) is 0.473. The number of alkyl halides is 2. The lowest BCUT2D eigenvalue weighted by Crippen LogP contribution is -2.14. The summed E-state index contributed by atoms with van der Waals surface area (Å²) in [5.74, 6) is -1.76. The lowest BCUT2D eigenvalue weighted by atomic mass is 9.97. The normalized spacial score (nSPS) is 10.8. The molecular formula is C23H19F3N2O4. The average Bonchev–Trinajstić information content (AvgIpc) is 2.79. The molecule has 0 radical (unpaired) electrons. The second-order valence-electron chi connectivity index (χ2n) is 6.72. The molecule has 1 aromatic heterocycles. The van der Waals surface area contributed by atoms with Crippen molar-refractivity contribution in [3.63, 3.8) is 0 Å². The maximum absolute atomic E-state index is 14.6. The molecule has 6 nitrogen and oxygen atoms in total. The third-order valence-electron chi connectivity index (χ3n) is 4.77. The topological polar surface area (TPSA) is 81.4 Å². The zero-order chi connectivity index (χ0) is 23.3. The number of nitrogens with zero attached hydrogens (tertiary/aromatic N) is 2. The first-order chi connectivity index (χ1) is 15.4. The number of methoxy groups -OCH3 is 1. The Balaban J connectivity index is 2.23. The van der Waals surface area contributed by atoms with E-state index in [0.29, 0.717) is 28.8 Å². The number of aryl methyl sites for hydroxylation is 1. The van der Waals surface area contributed by atoms with Gasteiger partial charge >= 0.3 is 12.6 Å². The van der Waals surface area contributed by atoms with Gasteiger partial charge in [-0.2, -0.15) is 14.0 Å². The summed E-state index contributed by atoms with van der Waals surface area (Å²) in [7, 11) is 1.17. The molecule has 1 heterocycles. The summed E-state index contributed by atoms with van der Waals surface area (Å²) in [4.78, 5) is 15.9. The highest BCUT2D eigenvalue weighted by atomic mass is 19.3. The standard InChI is InChI=1S/C23H19F3N2O4/c1-3-17-15(10-13-4-6-14(11-27)7-5-13)22(32-23(25)26)20-18(31-12-19(29)30-2)9-8-16(24)21(20)28-17/h4-9,23H,3,10,12H2,1-2H3. The molecule has 2 aromatic carbocycles. The van der Waals surface area contributed by atoms with Crippen LogP contribution in [0.1, 0.15) is 29.3 Å². The van der Waals surface area contributed by atoms with Gasteiger partial charge < -0.3 is 14.2 Å². The molecule has 166 valence electrons. The Labute approximate surface area is 182 Å². The number of ether oxygens (including phenoxy) is 3. The van der Waals surface area contributed by atoms with E-state index in [2.05, 4.69) is 9.72 Å². The van der Waals surface area contributed by atoms with Gasteiger partial charge in [-0.1, -0.05) is 19.1 Å². The zero-order valence-electron chi connectivity index (χ0n) is 17.3. The quantitative estimate of drug-likeness (QED) is 0.474. The second kappa shape index (κ2) is 10.0. The monoisotopic (exact) mass is 444 g/mol. The van der Waals surface area contributed by atoms with Crippen LogP contribution in [0.2, 0.25) is 0 Å². The van der Waals surface area contributed by atoms with E-state index in [9.17, 15) is 18.0 Å². The SMILES string of the molecule is CCc1nc2c(F)ccc(OCC(=O)OC)c2c(OC(F)F)c1Cc1ccc(C#N)cc1. The Morgan fingerprint density at radius 2 is 1.91 bits per heavy atom. The molecule has 0 aliphatic carbocycles. The fourth-order valence-corrected chi connectivity index (χ4v) is 3.27. The van der Waals surface area contributed by atoms with Gasteiger partial charge in [-0.25, -0.2) is 14.2 Å². The van der Waals surface area contributed by atoms with E-state index >= 15 is 0 Å². The number of rotatable bonds is 8. The third kappa shape index (κ3) is 4.91. The van der Waals surface area contributed by atoms with Gasteiger partial charge in [-0.3, -0.25) is 0 Å². The zero-order valence-corrected chi connectivity index (χ0v) is 17.3. The summed E-state index contributed by atoms with van der Waals surface area (Å²) in [6, 6.07) is 10.9. The van der Waals surface area contributed by atoms with E-state index in [1.807, 2.05) is 6.07 Å². The number of esters is 1. The van der Waals surface area contributed by atoms with Crippen LogP contribution >= 0.6 is 0 Å². The van der Waals surface area contributed by atoms with Crippen molar-refractivity contribution in [3.05, 3.63) is 64.6 Å². The predicted octanol–water partition coefficient (Wildman–Crippen LogP) is 4.55. The van der Waals surface area contributed by atoms with Crippen LogP contribution in [0.25, 0.3) is 10.9 Å². The van der Waals surface area contributed by atoms with Crippen LogP contribution in [0.15, 0.2) is 36.4 Å². The van der Waals surface area contributed by atoms with Crippen LogP contribution in [-0.4, -0.2) is 31.3 Å². The van der Waals surface area contributed by atoms with Gasteiger partial charge in [0.15, 0.2) is 6.61 Å². The molecule has 0 saturated carbocycles. The molecule has 9 heteroatoms. The Kier molecular flexibility index (Phi) is 7.15. The van der Waals surface area contributed by atoms with Gasteiger partial charge in [0.1, 0.15) is 22.8 Å². The van der Waals surface area contributed by atoms with Gasteiger partial charge in [0.05, 0.1) is 24.1 Å². The number of aromatic nitrogens is 1. The first-order valence-corrected chi connectivity index (χ1v) is 9.65. The molecule has 0 aliphatic heterocycles. The van der Waals surface area contributed by atoms with E-state index in [4.69, 9.17) is 14.7 Å². The minimum atomic E-state index is -3.19. The summed E-state index contributed by atoms with van der Waals surface area (Å²) in [5.41, 5.74) is 1.67. The molecule has 0 atom stereocenters. The molecule has 0 aliphatic rings.